The van der Waals surface area contributed by atoms with Crippen molar-refractivity contribution in [1.29, 1.82) is 5.26 Å². The van der Waals surface area contributed by atoms with Crippen molar-refractivity contribution in [2.45, 2.75) is 51.5 Å². The highest BCUT2D eigenvalue weighted by atomic mass is 16.2. The van der Waals surface area contributed by atoms with E-state index in [4.69, 9.17) is 11.0 Å². The third-order valence-corrected chi connectivity index (χ3v) is 6.23. The number of hydrogen-bond donors (Lipinski definition) is 1. The molecule has 6 nitrogen and oxygen atoms in total. The molecule has 1 fully saturated rings. The SMILES string of the molecule is CC1c2ccc(CCCN3CCC(C(N)=O)CC3)cc2CCN1C(=O)CC#N. The van der Waals surface area contributed by atoms with Crippen LogP contribution < -0.4 is 5.73 Å². The number of piperidine rings is 1. The van der Waals surface area contributed by atoms with Gasteiger partial charge in [-0.25, -0.2) is 0 Å². The van der Waals surface area contributed by atoms with Crippen molar-refractivity contribution in [2.75, 3.05) is 26.2 Å². The number of likely N-dealkylation sites (tertiary alicyclic amines) is 1. The monoisotopic (exact) mass is 382 g/mol. The number of rotatable bonds is 6. The number of fused-ring (bicyclic) bond motifs is 1. The molecule has 2 amide bonds. The summed E-state index contributed by atoms with van der Waals surface area (Å²) >= 11 is 0. The minimum absolute atomic E-state index is 0.0326. The number of hydrogen-bond acceptors (Lipinski definition) is 4. The van der Waals surface area contributed by atoms with Gasteiger partial charge in [0.15, 0.2) is 0 Å². The van der Waals surface area contributed by atoms with Gasteiger partial charge in [-0.15, -0.1) is 0 Å². The van der Waals surface area contributed by atoms with Crippen molar-refractivity contribution in [1.82, 2.24) is 9.80 Å². The fraction of sp³-hybridized carbons (Fsp3) is 0.591. The first-order valence-electron chi connectivity index (χ1n) is 10.3. The van der Waals surface area contributed by atoms with E-state index in [9.17, 15) is 9.59 Å². The quantitative estimate of drug-likeness (QED) is 0.816. The Kier molecular flexibility index (Phi) is 6.69. The average molecular weight is 383 g/mol. The Hall–Kier alpha value is -2.39. The van der Waals surface area contributed by atoms with Crippen LogP contribution in [0.4, 0.5) is 0 Å². The van der Waals surface area contributed by atoms with E-state index in [-0.39, 0.29) is 30.2 Å². The van der Waals surface area contributed by atoms with E-state index < -0.39 is 0 Å². The molecule has 150 valence electrons. The first-order valence-corrected chi connectivity index (χ1v) is 10.3. The van der Waals surface area contributed by atoms with Gasteiger partial charge >= 0.3 is 0 Å². The molecule has 0 aliphatic carbocycles. The number of carbonyl (C=O) groups excluding carboxylic acids is 2. The van der Waals surface area contributed by atoms with Gasteiger partial charge in [0.25, 0.3) is 0 Å². The number of nitrogens with zero attached hydrogens (tertiary/aromatic N) is 3. The molecule has 28 heavy (non-hydrogen) atoms. The molecule has 2 aliphatic rings. The molecule has 0 aromatic heterocycles. The lowest BCUT2D eigenvalue weighted by molar-refractivity contribution is -0.132. The maximum Gasteiger partial charge on any atom is 0.237 e. The fourth-order valence-corrected chi connectivity index (χ4v) is 4.50. The van der Waals surface area contributed by atoms with Gasteiger partial charge in [-0.05, 0) is 75.4 Å². The van der Waals surface area contributed by atoms with Gasteiger partial charge in [0.1, 0.15) is 6.42 Å². The highest BCUT2D eigenvalue weighted by Gasteiger charge is 2.27. The van der Waals surface area contributed by atoms with Crippen LogP contribution in [-0.2, 0) is 22.4 Å². The Balaban J connectivity index is 1.51. The largest absolute Gasteiger partial charge is 0.369 e. The Morgan fingerprint density at radius 2 is 2.00 bits per heavy atom. The topological polar surface area (TPSA) is 90.4 Å². The van der Waals surface area contributed by atoms with Crippen LogP contribution in [0.5, 0.6) is 0 Å². The summed E-state index contributed by atoms with van der Waals surface area (Å²) in [6.45, 7) is 5.70. The van der Waals surface area contributed by atoms with Crippen molar-refractivity contribution >= 4 is 11.8 Å². The molecular weight excluding hydrogens is 352 g/mol. The van der Waals surface area contributed by atoms with Crippen molar-refractivity contribution < 1.29 is 9.59 Å². The van der Waals surface area contributed by atoms with Crippen molar-refractivity contribution in [3.63, 3.8) is 0 Å². The van der Waals surface area contributed by atoms with Gasteiger partial charge in [0, 0.05) is 12.5 Å². The molecule has 1 unspecified atom stereocenters. The maximum atomic E-state index is 12.1. The molecule has 1 saturated heterocycles. The predicted molar refractivity (Wildman–Crippen MR) is 107 cm³/mol. The van der Waals surface area contributed by atoms with Crippen LogP contribution in [0.25, 0.3) is 0 Å². The van der Waals surface area contributed by atoms with Crippen LogP contribution >= 0.6 is 0 Å². The van der Waals surface area contributed by atoms with Crippen LogP contribution in [-0.4, -0.2) is 47.8 Å². The van der Waals surface area contributed by atoms with Gasteiger partial charge in [-0.1, -0.05) is 18.2 Å². The molecule has 1 aromatic rings. The van der Waals surface area contributed by atoms with E-state index in [1.807, 2.05) is 17.9 Å². The zero-order chi connectivity index (χ0) is 20.1. The summed E-state index contributed by atoms with van der Waals surface area (Å²) in [5.41, 5.74) is 9.27. The van der Waals surface area contributed by atoms with Crippen molar-refractivity contribution in [3.05, 3.63) is 34.9 Å². The summed E-state index contributed by atoms with van der Waals surface area (Å²) in [6, 6.07) is 8.61. The second kappa shape index (κ2) is 9.20. The third-order valence-electron chi connectivity index (χ3n) is 6.23. The number of nitrogens with two attached hydrogens (primary N) is 1. The molecule has 1 aromatic carbocycles. The number of primary amides is 1. The lowest BCUT2D eigenvalue weighted by Crippen LogP contribution is -2.39. The highest BCUT2D eigenvalue weighted by Crippen LogP contribution is 2.30. The van der Waals surface area contributed by atoms with E-state index in [0.717, 1.165) is 51.7 Å². The summed E-state index contributed by atoms with van der Waals surface area (Å²) in [5.74, 6) is -0.181. The number of benzene rings is 1. The second-order valence-corrected chi connectivity index (χ2v) is 8.00. The van der Waals surface area contributed by atoms with Crippen molar-refractivity contribution in [3.8, 4) is 6.07 Å². The number of nitriles is 1. The summed E-state index contributed by atoms with van der Waals surface area (Å²) in [6.07, 6.45) is 4.71. The Morgan fingerprint density at radius 3 is 2.68 bits per heavy atom. The third kappa shape index (κ3) is 4.71. The zero-order valence-electron chi connectivity index (χ0n) is 16.7. The van der Waals surface area contributed by atoms with Crippen molar-refractivity contribution in [2.24, 2.45) is 11.7 Å². The van der Waals surface area contributed by atoms with E-state index in [1.54, 1.807) is 0 Å². The van der Waals surface area contributed by atoms with Gasteiger partial charge in [0.2, 0.25) is 11.8 Å². The molecule has 2 heterocycles. The molecule has 0 saturated carbocycles. The van der Waals surface area contributed by atoms with Gasteiger partial charge in [0.05, 0.1) is 12.1 Å². The summed E-state index contributed by atoms with van der Waals surface area (Å²) in [7, 11) is 0. The van der Waals surface area contributed by atoms with Crippen LogP contribution in [0.15, 0.2) is 18.2 Å². The molecule has 0 bridgehead atoms. The molecule has 0 radical (unpaired) electrons. The normalized spacial score (nSPS) is 20.4. The molecule has 0 spiro atoms. The first-order chi connectivity index (χ1) is 13.5. The Labute approximate surface area is 167 Å². The van der Waals surface area contributed by atoms with Crippen LogP contribution in [0.1, 0.15) is 55.3 Å². The Morgan fingerprint density at radius 1 is 1.25 bits per heavy atom. The standard InChI is InChI=1S/C22H30N4O2/c1-16-20-5-4-17(15-19(20)9-14-26(16)21(27)6-10-23)3-2-11-25-12-7-18(8-13-25)22(24)28/h4-5,15-16,18H,2-3,6-9,11-14H2,1H3,(H2,24,28). The van der Waals surface area contributed by atoms with Gasteiger partial charge < -0.3 is 15.5 Å². The van der Waals surface area contributed by atoms with Gasteiger partial charge in [-0.2, -0.15) is 5.26 Å². The lowest BCUT2D eigenvalue weighted by atomic mass is 9.90. The number of carbonyl (C=O) groups is 2. The van der Waals surface area contributed by atoms with E-state index in [0.29, 0.717) is 6.54 Å². The van der Waals surface area contributed by atoms with Gasteiger partial charge in [-0.3, -0.25) is 9.59 Å². The zero-order valence-corrected chi connectivity index (χ0v) is 16.7. The summed E-state index contributed by atoms with van der Waals surface area (Å²) in [5, 5.41) is 8.78. The Bertz CT molecular complexity index is 762. The molecule has 1 atom stereocenters. The van der Waals surface area contributed by atoms with Crippen LogP contribution in [0, 0.1) is 17.2 Å². The van der Waals surface area contributed by atoms with E-state index >= 15 is 0 Å². The van der Waals surface area contributed by atoms with E-state index in [1.165, 1.54) is 16.7 Å². The van der Waals surface area contributed by atoms with Crippen LogP contribution in [0.3, 0.4) is 0 Å². The molecular formula is C22H30N4O2. The predicted octanol–water partition coefficient (Wildman–Crippen LogP) is 2.18. The fourth-order valence-electron chi connectivity index (χ4n) is 4.50. The number of aryl methyl sites for hydroxylation is 1. The first kappa shape index (κ1) is 20.3. The summed E-state index contributed by atoms with van der Waals surface area (Å²) in [4.78, 5) is 27.6. The van der Waals surface area contributed by atoms with Crippen LogP contribution in [0.2, 0.25) is 0 Å². The molecule has 2 aliphatic heterocycles. The minimum Gasteiger partial charge on any atom is -0.369 e. The lowest BCUT2D eigenvalue weighted by Gasteiger charge is -2.35. The number of amides is 2. The van der Waals surface area contributed by atoms with E-state index in [2.05, 4.69) is 23.1 Å². The summed E-state index contributed by atoms with van der Waals surface area (Å²) < 4.78 is 0. The molecule has 3 rings (SSSR count). The molecule has 6 heteroatoms. The second-order valence-electron chi connectivity index (χ2n) is 8.00. The molecule has 2 N–H and O–H groups in total. The highest BCUT2D eigenvalue weighted by molar-refractivity contribution is 5.79. The maximum absolute atomic E-state index is 12.1. The average Bonchev–Trinajstić information content (AvgIpc) is 2.69. The smallest absolute Gasteiger partial charge is 0.237 e. The minimum atomic E-state index is -0.157.